The van der Waals surface area contributed by atoms with Crippen molar-refractivity contribution >= 4 is 16.0 Å². The number of hydrogen-bond acceptors (Lipinski definition) is 3. The molecule has 1 rings (SSSR count). The summed E-state index contributed by atoms with van der Waals surface area (Å²) in [6.45, 7) is 4.58. The van der Waals surface area contributed by atoms with E-state index in [1.807, 2.05) is 6.92 Å². The highest BCUT2D eigenvalue weighted by atomic mass is 32.2. The summed E-state index contributed by atoms with van der Waals surface area (Å²) in [5, 5.41) is 8.99. The maximum atomic E-state index is 12.0. The normalized spacial score (nSPS) is 11.7. The van der Waals surface area contributed by atoms with Gasteiger partial charge in [0, 0.05) is 19.3 Å². The summed E-state index contributed by atoms with van der Waals surface area (Å²) >= 11 is 0. The van der Waals surface area contributed by atoms with Crippen molar-refractivity contribution in [2.75, 3.05) is 6.54 Å². The highest BCUT2D eigenvalue weighted by molar-refractivity contribution is 7.89. The lowest BCUT2D eigenvalue weighted by atomic mass is 10.3. The van der Waals surface area contributed by atoms with Gasteiger partial charge in [0.05, 0.1) is 0 Å². The molecule has 0 atom stereocenters. The minimum Gasteiger partial charge on any atom is -0.477 e. The SMILES string of the molecule is CCCCCNS(=O)(=O)c1cc(C(=O)O)n(CC)c1. The Morgan fingerprint density at radius 1 is 1.37 bits per heavy atom. The molecular formula is C12H20N2O4S. The average Bonchev–Trinajstić information content (AvgIpc) is 2.79. The number of carboxylic acids is 1. The number of sulfonamides is 1. The highest BCUT2D eigenvalue weighted by Gasteiger charge is 2.20. The van der Waals surface area contributed by atoms with Crippen LogP contribution in [0.3, 0.4) is 0 Å². The van der Waals surface area contributed by atoms with E-state index in [1.54, 1.807) is 6.92 Å². The Bertz CT molecular complexity index is 534. The van der Waals surface area contributed by atoms with E-state index in [4.69, 9.17) is 5.11 Å². The zero-order valence-electron chi connectivity index (χ0n) is 11.2. The first-order valence-electron chi connectivity index (χ1n) is 6.35. The quantitative estimate of drug-likeness (QED) is 0.712. The summed E-state index contributed by atoms with van der Waals surface area (Å²) in [5.41, 5.74) is -0.0172. The molecule has 0 aromatic carbocycles. The van der Waals surface area contributed by atoms with E-state index in [-0.39, 0.29) is 10.6 Å². The number of carbonyl (C=O) groups is 1. The molecule has 0 spiro atoms. The smallest absolute Gasteiger partial charge is 0.352 e. The molecule has 19 heavy (non-hydrogen) atoms. The number of unbranched alkanes of at least 4 members (excludes halogenated alkanes) is 2. The summed E-state index contributed by atoms with van der Waals surface area (Å²) in [4.78, 5) is 11.0. The number of nitrogens with zero attached hydrogens (tertiary/aromatic N) is 1. The first-order chi connectivity index (χ1) is 8.92. The molecule has 7 heteroatoms. The monoisotopic (exact) mass is 288 g/mol. The Hall–Kier alpha value is -1.34. The van der Waals surface area contributed by atoms with E-state index in [2.05, 4.69) is 4.72 Å². The Morgan fingerprint density at radius 2 is 2.05 bits per heavy atom. The summed E-state index contributed by atoms with van der Waals surface area (Å²) < 4.78 is 27.8. The number of carboxylic acid groups (broad SMARTS) is 1. The molecule has 0 saturated heterocycles. The molecule has 0 aliphatic rings. The van der Waals surface area contributed by atoms with Crippen LogP contribution in [0.5, 0.6) is 0 Å². The molecule has 0 aliphatic heterocycles. The second kappa shape index (κ2) is 6.72. The van der Waals surface area contributed by atoms with Gasteiger partial charge in [0.25, 0.3) is 0 Å². The van der Waals surface area contributed by atoms with Crippen LogP contribution in [0, 0.1) is 0 Å². The van der Waals surface area contributed by atoms with Crippen molar-refractivity contribution in [3.05, 3.63) is 18.0 Å². The minimum absolute atomic E-state index is 0.00301. The molecule has 0 amide bonds. The predicted octanol–water partition coefficient (Wildman–Crippen LogP) is 1.67. The van der Waals surface area contributed by atoms with Crippen LogP contribution < -0.4 is 4.72 Å². The molecule has 0 aliphatic carbocycles. The van der Waals surface area contributed by atoms with Crippen LogP contribution in [0.1, 0.15) is 43.6 Å². The van der Waals surface area contributed by atoms with Crippen molar-refractivity contribution < 1.29 is 18.3 Å². The number of rotatable bonds is 8. The number of aryl methyl sites for hydroxylation is 1. The van der Waals surface area contributed by atoms with Gasteiger partial charge in [-0.25, -0.2) is 17.9 Å². The molecule has 1 aromatic heterocycles. The Labute approximate surface area is 113 Å². The van der Waals surface area contributed by atoms with Gasteiger partial charge in [0.2, 0.25) is 10.0 Å². The van der Waals surface area contributed by atoms with Crippen LogP contribution in [0.2, 0.25) is 0 Å². The number of aromatic carboxylic acids is 1. The van der Waals surface area contributed by atoms with Crippen molar-refractivity contribution in [1.29, 1.82) is 0 Å². The number of aromatic nitrogens is 1. The third kappa shape index (κ3) is 4.07. The van der Waals surface area contributed by atoms with E-state index in [0.717, 1.165) is 19.3 Å². The molecule has 1 aromatic rings. The fourth-order valence-corrected chi connectivity index (χ4v) is 2.85. The maximum Gasteiger partial charge on any atom is 0.352 e. The van der Waals surface area contributed by atoms with Gasteiger partial charge in [0.1, 0.15) is 10.6 Å². The second-order valence-electron chi connectivity index (χ2n) is 4.26. The van der Waals surface area contributed by atoms with Crippen LogP contribution in [0.4, 0.5) is 0 Å². The summed E-state index contributed by atoms with van der Waals surface area (Å²) in [6.07, 6.45) is 4.09. The Kier molecular flexibility index (Phi) is 5.56. The molecule has 2 N–H and O–H groups in total. The van der Waals surface area contributed by atoms with Gasteiger partial charge < -0.3 is 9.67 Å². The number of nitrogens with one attached hydrogen (secondary N) is 1. The fourth-order valence-electron chi connectivity index (χ4n) is 1.74. The zero-order valence-corrected chi connectivity index (χ0v) is 12.0. The van der Waals surface area contributed by atoms with Crippen molar-refractivity contribution in [1.82, 2.24) is 9.29 Å². The molecule has 6 nitrogen and oxygen atoms in total. The Balaban J connectivity index is 2.86. The van der Waals surface area contributed by atoms with Crippen molar-refractivity contribution in [3.63, 3.8) is 0 Å². The van der Waals surface area contributed by atoms with Gasteiger partial charge >= 0.3 is 5.97 Å². The third-order valence-electron chi connectivity index (χ3n) is 2.81. The molecule has 0 fully saturated rings. The van der Waals surface area contributed by atoms with Crippen LogP contribution in [-0.4, -0.2) is 30.6 Å². The lowest BCUT2D eigenvalue weighted by Crippen LogP contribution is -2.24. The lowest BCUT2D eigenvalue weighted by molar-refractivity contribution is 0.0685. The third-order valence-corrected chi connectivity index (χ3v) is 4.24. The van der Waals surface area contributed by atoms with Crippen molar-refractivity contribution in [2.24, 2.45) is 0 Å². The van der Waals surface area contributed by atoms with E-state index in [1.165, 1.54) is 16.8 Å². The highest BCUT2D eigenvalue weighted by Crippen LogP contribution is 2.14. The van der Waals surface area contributed by atoms with Crippen LogP contribution >= 0.6 is 0 Å². The molecular weight excluding hydrogens is 268 g/mol. The molecule has 1 heterocycles. The maximum absolute atomic E-state index is 12.0. The molecule has 0 unspecified atom stereocenters. The van der Waals surface area contributed by atoms with E-state index < -0.39 is 16.0 Å². The van der Waals surface area contributed by atoms with Crippen LogP contribution in [0.15, 0.2) is 17.2 Å². The first kappa shape index (κ1) is 15.7. The zero-order chi connectivity index (χ0) is 14.5. The van der Waals surface area contributed by atoms with Gasteiger partial charge in [-0.1, -0.05) is 19.8 Å². The standard InChI is InChI=1S/C12H20N2O4S/c1-3-5-6-7-13-19(17,18)10-8-11(12(15)16)14(4-2)9-10/h8-9,13H,3-7H2,1-2H3,(H,15,16). The van der Waals surface area contributed by atoms with E-state index in [9.17, 15) is 13.2 Å². The second-order valence-corrected chi connectivity index (χ2v) is 6.02. The summed E-state index contributed by atoms with van der Waals surface area (Å²) in [6, 6.07) is 1.19. The topological polar surface area (TPSA) is 88.4 Å². The summed E-state index contributed by atoms with van der Waals surface area (Å²) in [5.74, 6) is -1.13. The largest absolute Gasteiger partial charge is 0.477 e. The van der Waals surface area contributed by atoms with Gasteiger partial charge in [-0.2, -0.15) is 0 Å². The number of hydrogen-bond donors (Lipinski definition) is 2. The minimum atomic E-state index is -3.62. The molecule has 0 radical (unpaired) electrons. The van der Waals surface area contributed by atoms with Crippen molar-refractivity contribution in [3.8, 4) is 0 Å². The molecule has 0 bridgehead atoms. The van der Waals surface area contributed by atoms with Gasteiger partial charge in [-0.15, -0.1) is 0 Å². The lowest BCUT2D eigenvalue weighted by Gasteiger charge is -2.04. The van der Waals surface area contributed by atoms with Crippen molar-refractivity contribution in [2.45, 2.75) is 44.6 Å². The van der Waals surface area contributed by atoms with Gasteiger partial charge in [-0.3, -0.25) is 0 Å². The van der Waals surface area contributed by atoms with E-state index in [0.29, 0.717) is 13.1 Å². The van der Waals surface area contributed by atoms with E-state index >= 15 is 0 Å². The summed E-state index contributed by atoms with van der Waals surface area (Å²) in [7, 11) is -3.62. The molecule has 0 saturated carbocycles. The van der Waals surface area contributed by atoms with Crippen LogP contribution in [0.25, 0.3) is 0 Å². The first-order valence-corrected chi connectivity index (χ1v) is 7.83. The predicted molar refractivity (Wildman–Crippen MR) is 71.8 cm³/mol. The fraction of sp³-hybridized carbons (Fsp3) is 0.583. The molecule has 108 valence electrons. The van der Waals surface area contributed by atoms with Gasteiger partial charge in [0.15, 0.2) is 0 Å². The van der Waals surface area contributed by atoms with Crippen LogP contribution in [-0.2, 0) is 16.6 Å². The average molecular weight is 288 g/mol. The Morgan fingerprint density at radius 3 is 2.53 bits per heavy atom. The van der Waals surface area contributed by atoms with Gasteiger partial charge in [-0.05, 0) is 19.4 Å².